The van der Waals surface area contributed by atoms with Gasteiger partial charge in [-0.3, -0.25) is 4.79 Å². The van der Waals surface area contributed by atoms with Gasteiger partial charge in [0.25, 0.3) is 5.91 Å². The summed E-state index contributed by atoms with van der Waals surface area (Å²) >= 11 is 5.91. The monoisotopic (exact) mass is 522 g/mol. The number of rotatable bonds is 9. The first-order chi connectivity index (χ1) is 18.4. The van der Waals surface area contributed by atoms with Crippen molar-refractivity contribution in [1.82, 2.24) is 0 Å². The molecule has 0 saturated heterocycles. The highest BCUT2D eigenvalue weighted by Crippen LogP contribution is 2.20. The molecule has 0 saturated carbocycles. The number of benzene rings is 4. The van der Waals surface area contributed by atoms with E-state index in [0.29, 0.717) is 35.4 Å². The third-order valence-corrected chi connectivity index (χ3v) is 6.22. The summed E-state index contributed by atoms with van der Waals surface area (Å²) in [5.74, 6) is 0.882. The summed E-state index contributed by atoms with van der Waals surface area (Å²) < 4.78 is 11.6. The lowest BCUT2D eigenvalue weighted by atomic mass is 10.1. The van der Waals surface area contributed by atoms with Crippen molar-refractivity contribution in [2.75, 3.05) is 5.32 Å². The third kappa shape index (κ3) is 7.49. The molecule has 4 rings (SSSR count). The Labute approximate surface area is 227 Å². The lowest BCUT2D eigenvalue weighted by molar-refractivity contribution is -0.112. The van der Waals surface area contributed by atoms with Crippen LogP contribution in [0.25, 0.3) is 6.08 Å². The largest absolute Gasteiger partial charge is 0.489 e. The maximum absolute atomic E-state index is 12.7. The van der Waals surface area contributed by atoms with Crippen LogP contribution in [0.5, 0.6) is 11.5 Å². The molecular weight excluding hydrogens is 496 g/mol. The molecule has 0 atom stereocenters. The van der Waals surface area contributed by atoms with Crippen molar-refractivity contribution in [3.05, 3.63) is 129 Å². The molecule has 1 N–H and O–H groups in total. The van der Waals surface area contributed by atoms with Crippen LogP contribution in [-0.2, 0) is 18.0 Å². The Balaban J connectivity index is 1.31. The fraction of sp³-hybridized carbons (Fsp3) is 0.125. The molecule has 0 aliphatic rings. The molecule has 0 unspecified atom stereocenters. The first kappa shape index (κ1) is 26.5. The second-order valence-corrected chi connectivity index (χ2v) is 9.28. The van der Waals surface area contributed by atoms with Crippen molar-refractivity contribution < 1.29 is 14.3 Å². The topological polar surface area (TPSA) is 71.3 Å². The third-order valence-electron chi connectivity index (χ3n) is 5.96. The maximum Gasteiger partial charge on any atom is 0.266 e. The average molecular weight is 523 g/mol. The molecule has 0 aliphatic heterocycles. The average Bonchev–Trinajstić information content (AvgIpc) is 2.93. The van der Waals surface area contributed by atoms with Crippen molar-refractivity contribution in [3.63, 3.8) is 0 Å². The van der Waals surface area contributed by atoms with E-state index < -0.39 is 5.91 Å². The first-order valence-corrected chi connectivity index (χ1v) is 12.5. The van der Waals surface area contributed by atoms with E-state index in [-0.39, 0.29) is 5.57 Å². The molecule has 1 amide bonds. The molecule has 0 radical (unpaired) electrons. The van der Waals surface area contributed by atoms with E-state index in [9.17, 15) is 10.1 Å². The minimum Gasteiger partial charge on any atom is -0.489 e. The highest BCUT2D eigenvalue weighted by Gasteiger charge is 2.10. The zero-order valence-corrected chi connectivity index (χ0v) is 22.0. The van der Waals surface area contributed by atoms with E-state index in [1.165, 1.54) is 11.1 Å². The van der Waals surface area contributed by atoms with Gasteiger partial charge in [0.2, 0.25) is 0 Å². The van der Waals surface area contributed by atoms with Crippen LogP contribution in [-0.4, -0.2) is 5.91 Å². The Morgan fingerprint density at radius 3 is 2.00 bits per heavy atom. The molecule has 0 aliphatic carbocycles. The number of anilines is 1. The molecular formula is C32H27ClN2O3. The predicted octanol–water partition coefficient (Wildman–Crippen LogP) is 7.66. The lowest BCUT2D eigenvalue weighted by Crippen LogP contribution is -2.13. The van der Waals surface area contributed by atoms with Crippen LogP contribution in [0.3, 0.4) is 0 Å². The van der Waals surface area contributed by atoms with Gasteiger partial charge in [-0.05, 0) is 96.3 Å². The molecule has 6 heteroatoms. The van der Waals surface area contributed by atoms with Gasteiger partial charge < -0.3 is 14.8 Å². The molecule has 4 aromatic carbocycles. The number of carbonyl (C=O) groups excluding carboxylic acids is 1. The maximum atomic E-state index is 12.7. The van der Waals surface area contributed by atoms with Crippen molar-refractivity contribution in [1.29, 1.82) is 5.26 Å². The number of hydrogen-bond acceptors (Lipinski definition) is 4. The van der Waals surface area contributed by atoms with Crippen molar-refractivity contribution in [2.45, 2.75) is 27.1 Å². The number of nitrogens with one attached hydrogen (secondary N) is 1. The second kappa shape index (κ2) is 12.6. The van der Waals surface area contributed by atoms with Crippen LogP contribution in [0.2, 0.25) is 5.02 Å². The Morgan fingerprint density at radius 2 is 1.39 bits per heavy atom. The molecule has 5 nitrogen and oxygen atoms in total. The van der Waals surface area contributed by atoms with Crippen molar-refractivity contribution in [2.24, 2.45) is 0 Å². The van der Waals surface area contributed by atoms with Crippen LogP contribution in [0.1, 0.15) is 27.8 Å². The van der Waals surface area contributed by atoms with E-state index in [1.807, 2.05) is 54.6 Å². The summed E-state index contributed by atoms with van der Waals surface area (Å²) in [7, 11) is 0. The number of hydrogen-bond donors (Lipinski definition) is 1. The van der Waals surface area contributed by atoms with Crippen molar-refractivity contribution >= 4 is 29.3 Å². The fourth-order valence-electron chi connectivity index (χ4n) is 3.62. The summed E-state index contributed by atoms with van der Waals surface area (Å²) in [6.07, 6.45) is 1.55. The highest BCUT2D eigenvalue weighted by atomic mass is 35.5. The van der Waals surface area contributed by atoms with Crippen LogP contribution < -0.4 is 14.8 Å². The van der Waals surface area contributed by atoms with E-state index in [1.54, 1.807) is 30.3 Å². The van der Waals surface area contributed by atoms with Gasteiger partial charge in [0.15, 0.2) is 0 Å². The molecule has 0 heterocycles. The van der Waals surface area contributed by atoms with Gasteiger partial charge in [-0.25, -0.2) is 0 Å². The van der Waals surface area contributed by atoms with Gasteiger partial charge in [0.05, 0.1) is 0 Å². The Hall–Kier alpha value is -4.53. The Kier molecular flexibility index (Phi) is 8.81. The molecule has 0 aromatic heterocycles. The molecule has 38 heavy (non-hydrogen) atoms. The standard InChI is InChI=1S/C32H27ClN2O3/c1-22-3-4-26(17-23(22)2)21-38-30-13-7-24(8-14-30)18-27(19-34)32(36)35-29-11-15-31(16-12-29)37-20-25-5-9-28(33)10-6-25/h3-18H,20-21H2,1-2H3,(H,35,36)/b27-18+. The van der Waals surface area contributed by atoms with Crippen molar-refractivity contribution in [3.8, 4) is 17.6 Å². The van der Waals surface area contributed by atoms with Crippen LogP contribution in [0.4, 0.5) is 5.69 Å². The van der Waals surface area contributed by atoms with E-state index in [2.05, 4.69) is 37.4 Å². The Morgan fingerprint density at radius 1 is 0.816 bits per heavy atom. The van der Waals surface area contributed by atoms with Crippen LogP contribution in [0, 0.1) is 25.2 Å². The molecule has 0 fully saturated rings. The normalized spacial score (nSPS) is 10.9. The van der Waals surface area contributed by atoms with Gasteiger partial charge in [-0.15, -0.1) is 0 Å². The van der Waals surface area contributed by atoms with E-state index in [4.69, 9.17) is 21.1 Å². The van der Waals surface area contributed by atoms with E-state index in [0.717, 1.165) is 16.7 Å². The van der Waals surface area contributed by atoms with Crippen LogP contribution in [0.15, 0.2) is 96.6 Å². The summed E-state index contributed by atoms with van der Waals surface area (Å²) in [6, 6.07) is 29.9. The summed E-state index contributed by atoms with van der Waals surface area (Å²) in [6.45, 7) is 5.03. The van der Waals surface area contributed by atoms with Crippen LogP contribution >= 0.6 is 11.6 Å². The van der Waals surface area contributed by atoms with Gasteiger partial charge in [0.1, 0.15) is 36.4 Å². The Bertz CT molecular complexity index is 1470. The quantitative estimate of drug-likeness (QED) is 0.181. The number of nitriles is 1. The summed E-state index contributed by atoms with van der Waals surface area (Å²) in [4.78, 5) is 12.7. The number of nitrogens with zero attached hydrogens (tertiary/aromatic N) is 1. The molecule has 0 bridgehead atoms. The van der Waals surface area contributed by atoms with Gasteiger partial charge in [-0.2, -0.15) is 5.26 Å². The predicted molar refractivity (Wildman–Crippen MR) is 151 cm³/mol. The van der Waals surface area contributed by atoms with E-state index >= 15 is 0 Å². The number of ether oxygens (including phenoxy) is 2. The molecule has 0 spiro atoms. The minimum atomic E-state index is -0.489. The number of aryl methyl sites for hydroxylation is 2. The van der Waals surface area contributed by atoms with Gasteiger partial charge in [0, 0.05) is 10.7 Å². The number of carbonyl (C=O) groups is 1. The molecule has 4 aromatic rings. The minimum absolute atomic E-state index is 0.00290. The second-order valence-electron chi connectivity index (χ2n) is 8.84. The summed E-state index contributed by atoms with van der Waals surface area (Å²) in [5, 5.41) is 13.0. The SMILES string of the molecule is Cc1ccc(COc2ccc(/C=C(\C#N)C(=O)Nc3ccc(OCc4ccc(Cl)cc4)cc3)cc2)cc1C. The van der Waals surface area contributed by atoms with Gasteiger partial charge >= 0.3 is 0 Å². The lowest BCUT2D eigenvalue weighted by Gasteiger charge is -2.09. The summed E-state index contributed by atoms with van der Waals surface area (Å²) in [5.41, 5.74) is 5.85. The number of halogens is 1. The highest BCUT2D eigenvalue weighted by molar-refractivity contribution is 6.30. The zero-order valence-electron chi connectivity index (χ0n) is 21.2. The zero-order chi connectivity index (χ0) is 26.9. The first-order valence-electron chi connectivity index (χ1n) is 12.1. The van der Waals surface area contributed by atoms with Gasteiger partial charge in [-0.1, -0.05) is 54.1 Å². The smallest absolute Gasteiger partial charge is 0.266 e. The fourth-order valence-corrected chi connectivity index (χ4v) is 3.74. The number of amides is 1. The molecule has 190 valence electrons.